The van der Waals surface area contributed by atoms with Crippen molar-refractivity contribution >= 4 is 17.7 Å². The Morgan fingerprint density at radius 3 is 2.29 bits per heavy atom. The molecule has 116 valence electrons. The second-order valence-electron chi connectivity index (χ2n) is 5.12. The van der Waals surface area contributed by atoms with Gasteiger partial charge in [-0.3, -0.25) is 9.69 Å². The summed E-state index contributed by atoms with van der Waals surface area (Å²) in [5.41, 5.74) is 0.564. The molecular formula is C15H21FN2O3. The van der Waals surface area contributed by atoms with E-state index in [0.717, 1.165) is 0 Å². The van der Waals surface area contributed by atoms with Gasteiger partial charge in [0.1, 0.15) is 5.82 Å². The third-order valence-corrected chi connectivity index (χ3v) is 3.21. The Balaban J connectivity index is 2.82. The lowest BCUT2D eigenvalue weighted by molar-refractivity contribution is -0.137. The van der Waals surface area contributed by atoms with Gasteiger partial charge in [-0.05, 0) is 37.1 Å². The Bertz CT molecular complexity index is 488. The molecule has 0 saturated heterocycles. The van der Waals surface area contributed by atoms with Crippen molar-refractivity contribution in [2.75, 3.05) is 11.4 Å². The van der Waals surface area contributed by atoms with Crippen molar-refractivity contribution in [3.8, 4) is 0 Å². The fourth-order valence-corrected chi connectivity index (χ4v) is 1.94. The number of nitrogens with one attached hydrogen (secondary N) is 1. The summed E-state index contributed by atoms with van der Waals surface area (Å²) < 4.78 is 12.9. The number of anilines is 1. The topological polar surface area (TPSA) is 69.6 Å². The number of benzene rings is 1. The highest BCUT2D eigenvalue weighted by Crippen LogP contribution is 2.16. The highest BCUT2D eigenvalue weighted by atomic mass is 19.1. The van der Waals surface area contributed by atoms with E-state index in [4.69, 9.17) is 5.11 Å². The van der Waals surface area contributed by atoms with Crippen LogP contribution in [-0.2, 0) is 4.79 Å². The number of urea groups is 1. The van der Waals surface area contributed by atoms with Crippen molar-refractivity contribution in [3.63, 3.8) is 0 Å². The molecule has 0 bridgehead atoms. The fourth-order valence-electron chi connectivity index (χ4n) is 1.94. The fraction of sp³-hybridized carbons (Fsp3) is 0.467. The van der Waals surface area contributed by atoms with Crippen LogP contribution in [0.2, 0.25) is 0 Å². The molecule has 0 heterocycles. The predicted molar refractivity (Wildman–Crippen MR) is 78.8 cm³/mol. The molecule has 21 heavy (non-hydrogen) atoms. The third-order valence-electron chi connectivity index (χ3n) is 3.21. The van der Waals surface area contributed by atoms with Crippen molar-refractivity contribution in [3.05, 3.63) is 30.1 Å². The SMILES string of the molecule is CCN(C(=O)NC(CC(=O)O)C(C)C)c1ccc(F)cc1. The van der Waals surface area contributed by atoms with E-state index in [1.807, 2.05) is 13.8 Å². The van der Waals surface area contributed by atoms with Crippen LogP contribution in [0, 0.1) is 11.7 Å². The molecule has 0 aliphatic carbocycles. The van der Waals surface area contributed by atoms with Gasteiger partial charge in [-0.2, -0.15) is 0 Å². The van der Waals surface area contributed by atoms with Gasteiger partial charge in [0.25, 0.3) is 0 Å². The van der Waals surface area contributed by atoms with Gasteiger partial charge >= 0.3 is 12.0 Å². The molecule has 0 radical (unpaired) electrons. The van der Waals surface area contributed by atoms with Crippen molar-refractivity contribution < 1.29 is 19.1 Å². The lowest BCUT2D eigenvalue weighted by Gasteiger charge is -2.27. The van der Waals surface area contributed by atoms with Crippen LogP contribution in [0.3, 0.4) is 0 Å². The van der Waals surface area contributed by atoms with E-state index < -0.39 is 12.0 Å². The summed E-state index contributed by atoms with van der Waals surface area (Å²) in [4.78, 5) is 24.6. The van der Waals surface area contributed by atoms with Crippen LogP contribution in [0.25, 0.3) is 0 Å². The summed E-state index contributed by atoms with van der Waals surface area (Å²) in [7, 11) is 0. The number of carboxylic acids is 1. The Hall–Kier alpha value is -2.11. The second kappa shape index (κ2) is 7.61. The number of amides is 2. The van der Waals surface area contributed by atoms with E-state index in [1.54, 1.807) is 6.92 Å². The minimum absolute atomic E-state index is 0.00280. The first-order valence-electron chi connectivity index (χ1n) is 6.90. The summed E-state index contributed by atoms with van der Waals surface area (Å²) in [6.07, 6.45) is -0.135. The van der Waals surface area contributed by atoms with Crippen LogP contribution >= 0.6 is 0 Å². The molecule has 6 heteroatoms. The molecule has 5 nitrogen and oxygen atoms in total. The van der Waals surface area contributed by atoms with E-state index in [9.17, 15) is 14.0 Å². The molecule has 0 saturated carbocycles. The molecule has 0 aliphatic rings. The number of hydrogen-bond donors (Lipinski definition) is 2. The van der Waals surface area contributed by atoms with Gasteiger partial charge in [0.15, 0.2) is 0 Å². The Kier molecular flexibility index (Phi) is 6.14. The standard InChI is InChI=1S/C15H21FN2O3/c1-4-18(12-7-5-11(16)6-8-12)15(21)17-13(10(2)3)9-14(19)20/h5-8,10,13H,4,9H2,1-3H3,(H,17,21)(H,19,20). The van der Waals surface area contributed by atoms with E-state index in [2.05, 4.69) is 5.32 Å². The number of carboxylic acid groups (broad SMARTS) is 1. The summed E-state index contributed by atoms with van der Waals surface area (Å²) in [5.74, 6) is -1.34. The summed E-state index contributed by atoms with van der Waals surface area (Å²) in [6, 6.07) is 4.75. The summed E-state index contributed by atoms with van der Waals surface area (Å²) >= 11 is 0. The van der Waals surface area contributed by atoms with Crippen molar-refractivity contribution in [1.82, 2.24) is 5.32 Å². The minimum atomic E-state index is -0.959. The van der Waals surface area contributed by atoms with E-state index in [-0.39, 0.29) is 24.2 Å². The van der Waals surface area contributed by atoms with Gasteiger partial charge < -0.3 is 10.4 Å². The van der Waals surface area contributed by atoms with Crippen molar-refractivity contribution in [2.24, 2.45) is 5.92 Å². The zero-order valence-electron chi connectivity index (χ0n) is 12.5. The molecule has 0 aliphatic heterocycles. The van der Waals surface area contributed by atoms with Gasteiger partial charge in [-0.25, -0.2) is 9.18 Å². The van der Waals surface area contributed by atoms with Crippen molar-refractivity contribution in [1.29, 1.82) is 0 Å². The molecular weight excluding hydrogens is 275 g/mol. The van der Waals surface area contributed by atoms with Crippen LogP contribution in [0.15, 0.2) is 24.3 Å². The first-order valence-corrected chi connectivity index (χ1v) is 6.90. The van der Waals surface area contributed by atoms with Gasteiger partial charge in [-0.1, -0.05) is 13.8 Å². The molecule has 2 N–H and O–H groups in total. The maximum atomic E-state index is 12.9. The summed E-state index contributed by atoms with van der Waals surface area (Å²) in [5, 5.41) is 11.6. The van der Waals surface area contributed by atoms with Crippen molar-refractivity contribution in [2.45, 2.75) is 33.2 Å². The molecule has 0 fully saturated rings. The van der Waals surface area contributed by atoms with Crippen LogP contribution < -0.4 is 10.2 Å². The molecule has 0 spiro atoms. The molecule has 1 atom stereocenters. The zero-order chi connectivity index (χ0) is 16.0. The van der Waals surface area contributed by atoms with Gasteiger partial charge in [0.05, 0.1) is 6.42 Å². The van der Waals surface area contributed by atoms with E-state index in [0.29, 0.717) is 12.2 Å². The lowest BCUT2D eigenvalue weighted by Crippen LogP contribution is -2.47. The lowest BCUT2D eigenvalue weighted by atomic mass is 10.0. The van der Waals surface area contributed by atoms with Gasteiger partial charge in [-0.15, -0.1) is 0 Å². The summed E-state index contributed by atoms with van der Waals surface area (Å²) in [6.45, 7) is 5.89. The molecule has 1 aromatic rings. The first-order chi connectivity index (χ1) is 9.85. The maximum Gasteiger partial charge on any atom is 0.322 e. The number of nitrogens with zero attached hydrogens (tertiary/aromatic N) is 1. The average molecular weight is 296 g/mol. The molecule has 1 rings (SSSR count). The Labute approximate surface area is 123 Å². The Morgan fingerprint density at radius 2 is 1.86 bits per heavy atom. The highest BCUT2D eigenvalue weighted by Gasteiger charge is 2.22. The third kappa shape index (κ3) is 5.06. The molecule has 0 aromatic heterocycles. The zero-order valence-corrected chi connectivity index (χ0v) is 12.5. The normalized spacial score (nSPS) is 12.0. The monoisotopic (exact) mass is 296 g/mol. The second-order valence-corrected chi connectivity index (χ2v) is 5.12. The van der Waals surface area contributed by atoms with Crippen LogP contribution in [-0.4, -0.2) is 29.7 Å². The number of hydrogen-bond acceptors (Lipinski definition) is 2. The molecule has 1 unspecified atom stereocenters. The maximum absolute atomic E-state index is 12.9. The Morgan fingerprint density at radius 1 is 1.29 bits per heavy atom. The van der Waals surface area contributed by atoms with E-state index in [1.165, 1.54) is 29.2 Å². The number of rotatable bonds is 6. The predicted octanol–water partition coefficient (Wildman–Crippen LogP) is 2.86. The molecule has 2 amide bonds. The van der Waals surface area contributed by atoms with Crippen LogP contribution in [0.4, 0.5) is 14.9 Å². The number of carbonyl (C=O) groups excluding carboxylic acids is 1. The van der Waals surface area contributed by atoms with E-state index >= 15 is 0 Å². The van der Waals surface area contributed by atoms with Crippen LogP contribution in [0.5, 0.6) is 0 Å². The van der Waals surface area contributed by atoms with Gasteiger partial charge in [0, 0.05) is 18.3 Å². The number of carbonyl (C=O) groups is 2. The molecule has 1 aromatic carbocycles. The number of halogens is 1. The average Bonchev–Trinajstić information content (AvgIpc) is 2.40. The quantitative estimate of drug-likeness (QED) is 0.848. The first kappa shape index (κ1) is 16.9. The van der Waals surface area contributed by atoms with Crippen LogP contribution in [0.1, 0.15) is 27.2 Å². The highest BCUT2D eigenvalue weighted by molar-refractivity contribution is 5.92. The smallest absolute Gasteiger partial charge is 0.322 e. The van der Waals surface area contributed by atoms with Gasteiger partial charge in [0.2, 0.25) is 0 Å². The largest absolute Gasteiger partial charge is 0.481 e. The minimum Gasteiger partial charge on any atom is -0.481 e. The number of aliphatic carboxylic acids is 1.